The molecule has 2 rings (SSSR count). The first-order chi connectivity index (χ1) is 9.33. The molecule has 4 heteroatoms. The van der Waals surface area contributed by atoms with E-state index in [1.54, 1.807) is 18.4 Å². The van der Waals surface area contributed by atoms with Gasteiger partial charge in [-0.3, -0.25) is 0 Å². The molecule has 0 unspecified atom stereocenters. The second-order valence-electron chi connectivity index (χ2n) is 4.41. The Labute approximate surface area is 118 Å². The van der Waals surface area contributed by atoms with Gasteiger partial charge in [0.2, 0.25) is 0 Å². The zero-order valence-electron chi connectivity index (χ0n) is 11.5. The highest BCUT2D eigenvalue weighted by molar-refractivity contribution is 7.13. The Bertz CT molecular complexity index is 510. The van der Waals surface area contributed by atoms with Crippen LogP contribution in [-0.4, -0.2) is 18.6 Å². The molecule has 102 valence electrons. The van der Waals surface area contributed by atoms with Crippen molar-refractivity contribution in [3.8, 4) is 16.3 Å². The molecule has 0 aliphatic carbocycles. The Hall–Kier alpha value is -1.39. The van der Waals surface area contributed by atoms with Crippen molar-refractivity contribution in [2.45, 2.75) is 26.3 Å². The smallest absolute Gasteiger partial charge is 0.123 e. The van der Waals surface area contributed by atoms with Crippen LogP contribution in [0.4, 0.5) is 0 Å². The van der Waals surface area contributed by atoms with Crippen molar-refractivity contribution in [1.82, 2.24) is 10.3 Å². The van der Waals surface area contributed by atoms with Gasteiger partial charge in [-0.25, -0.2) is 4.98 Å². The fourth-order valence-electron chi connectivity index (χ4n) is 1.80. The van der Waals surface area contributed by atoms with Crippen LogP contribution in [-0.2, 0) is 6.54 Å². The molecule has 0 spiro atoms. The highest BCUT2D eigenvalue weighted by Gasteiger charge is 2.05. The third-order valence-corrected chi connectivity index (χ3v) is 3.82. The third-order valence-electron chi connectivity index (χ3n) is 2.88. The minimum Gasteiger partial charge on any atom is -0.497 e. The molecular formula is C15H20N2OS. The second kappa shape index (κ2) is 7.26. The molecule has 1 heterocycles. The van der Waals surface area contributed by atoms with Crippen molar-refractivity contribution < 1.29 is 4.74 Å². The Balaban J connectivity index is 1.99. The van der Waals surface area contributed by atoms with E-state index in [-0.39, 0.29) is 0 Å². The lowest BCUT2D eigenvalue weighted by atomic mass is 10.2. The molecule has 0 bridgehead atoms. The van der Waals surface area contributed by atoms with Crippen LogP contribution in [0.3, 0.4) is 0 Å². The quantitative estimate of drug-likeness (QED) is 0.783. The van der Waals surface area contributed by atoms with Crippen molar-refractivity contribution in [2.75, 3.05) is 13.7 Å². The first kappa shape index (κ1) is 14.0. The van der Waals surface area contributed by atoms with E-state index >= 15 is 0 Å². The van der Waals surface area contributed by atoms with E-state index in [9.17, 15) is 0 Å². The summed E-state index contributed by atoms with van der Waals surface area (Å²) in [4.78, 5) is 4.65. The highest BCUT2D eigenvalue weighted by Crippen LogP contribution is 2.26. The molecule has 19 heavy (non-hydrogen) atoms. The monoisotopic (exact) mass is 276 g/mol. The van der Waals surface area contributed by atoms with Crippen molar-refractivity contribution in [3.63, 3.8) is 0 Å². The van der Waals surface area contributed by atoms with Gasteiger partial charge in [0.25, 0.3) is 0 Å². The van der Waals surface area contributed by atoms with E-state index < -0.39 is 0 Å². The Morgan fingerprint density at radius 2 is 2.26 bits per heavy atom. The summed E-state index contributed by atoms with van der Waals surface area (Å²) in [5.74, 6) is 0.871. The number of methoxy groups -OCH3 is 1. The van der Waals surface area contributed by atoms with Gasteiger partial charge in [-0.1, -0.05) is 25.5 Å². The topological polar surface area (TPSA) is 34.1 Å². The van der Waals surface area contributed by atoms with Crippen molar-refractivity contribution in [2.24, 2.45) is 0 Å². The molecule has 2 aromatic rings. The zero-order chi connectivity index (χ0) is 13.5. The highest BCUT2D eigenvalue weighted by atomic mass is 32.1. The van der Waals surface area contributed by atoms with Crippen molar-refractivity contribution >= 4 is 11.3 Å². The molecule has 0 amide bonds. The van der Waals surface area contributed by atoms with Gasteiger partial charge >= 0.3 is 0 Å². The van der Waals surface area contributed by atoms with E-state index in [4.69, 9.17) is 4.74 Å². The second-order valence-corrected chi connectivity index (χ2v) is 5.26. The van der Waals surface area contributed by atoms with Crippen LogP contribution in [0.1, 0.15) is 25.5 Å². The molecule has 0 aliphatic rings. The number of hydrogen-bond donors (Lipinski definition) is 1. The van der Waals surface area contributed by atoms with Gasteiger partial charge in [0, 0.05) is 17.5 Å². The van der Waals surface area contributed by atoms with Crippen LogP contribution < -0.4 is 10.1 Å². The average molecular weight is 276 g/mol. The van der Waals surface area contributed by atoms with E-state index in [0.29, 0.717) is 0 Å². The lowest BCUT2D eigenvalue weighted by Crippen LogP contribution is -2.14. The van der Waals surface area contributed by atoms with Gasteiger partial charge in [0.1, 0.15) is 10.8 Å². The lowest BCUT2D eigenvalue weighted by molar-refractivity contribution is 0.415. The Morgan fingerprint density at radius 1 is 1.37 bits per heavy atom. The minimum atomic E-state index is 0.848. The fraction of sp³-hybridized carbons (Fsp3) is 0.400. The lowest BCUT2D eigenvalue weighted by Gasteiger charge is -2.02. The van der Waals surface area contributed by atoms with Gasteiger partial charge in [-0.05, 0) is 25.1 Å². The molecule has 0 radical (unpaired) electrons. The molecule has 0 atom stereocenters. The number of nitrogens with one attached hydrogen (secondary N) is 1. The van der Waals surface area contributed by atoms with Gasteiger partial charge < -0.3 is 10.1 Å². The molecule has 1 N–H and O–H groups in total. The number of aromatic nitrogens is 1. The van der Waals surface area contributed by atoms with Crippen LogP contribution in [0, 0.1) is 0 Å². The molecule has 0 fully saturated rings. The molecule has 0 saturated carbocycles. The van der Waals surface area contributed by atoms with Crippen molar-refractivity contribution in [1.29, 1.82) is 0 Å². The van der Waals surface area contributed by atoms with Gasteiger partial charge in [-0.15, -0.1) is 11.3 Å². The largest absolute Gasteiger partial charge is 0.497 e. The number of rotatable bonds is 7. The molecular weight excluding hydrogens is 256 g/mol. The SMILES string of the molecule is CCCCNCc1csc(-c2cccc(OC)c2)n1. The van der Waals surface area contributed by atoms with Crippen LogP contribution in [0.2, 0.25) is 0 Å². The van der Waals surface area contributed by atoms with Crippen LogP contribution in [0.25, 0.3) is 10.6 Å². The Kier molecular flexibility index (Phi) is 5.36. The van der Waals surface area contributed by atoms with E-state index in [0.717, 1.165) is 35.1 Å². The summed E-state index contributed by atoms with van der Waals surface area (Å²) in [6.45, 7) is 4.11. The molecule has 0 aliphatic heterocycles. The molecule has 3 nitrogen and oxygen atoms in total. The zero-order valence-corrected chi connectivity index (χ0v) is 12.3. The van der Waals surface area contributed by atoms with E-state index in [2.05, 4.69) is 28.7 Å². The summed E-state index contributed by atoms with van der Waals surface area (Å²) in [7, 11) is 1.68. The maximum absolute atomic E-state index is 5.24. The summed E-state index contributed by atoms with van der Waals surface area (Å²) in [5, 5.41) is 6.58. The number of unbranched alkanes of at least 4 members (excludes halogenated alkanes) is 1. The third kappa shape index (κ3) is 4.04. The summed E-state index contributed by atoms with van der Waals surface area (Å²) in [5.41, 5.74) is 2.23. The van der Waals surface area contributed by atoms with Gasteiger partial charge in [0.15, 0.2) is 0 Å². The summed E-state index contributed by atoms with van der Waals surface area (Å²) in [6.07, 6.45) is 2.44. The summed E-state index contributed by atoms with van der Waals surface area (Å²) >= 11 is 1.68. The fourth-order valence-corrected chi connectivity index (χ4v) is 2.61. The maximum atomic E-state index is 5.24. The summed E-state index contributed by atoms with van der Waals surface area (Å²) < 4.78 is 5.24. The predicted octanol–water partition coefficient (Wildman–Crippen LogP) is 3.71. The van der Waals surface area contributed by atoms with Gasteiger partial charge in [-0.2, -0.15) is 0 Å². The maximum Gasteiger partial charge on any atom is 0.123 e. The number of hydrogen-bond acceptors (Lipinski definition) is 4. The minimum absolute atomic E-state index is 0.848. The Morgan fingerprint density at radius 3 is 3.05 bits per heavy atom. The average Bonchev–Trinajstić information content (AvgIpc) is 2.92. The number of nitrogens with zero attached hydrogens (tertiary/aromatic N) is 1. The van der Waals surface area contributed by atoms with Crippen LogP contribution in [0.15, 0.2) is 29.6 Å². The summed E-state index contributed by atoms with van der Waals surface area (Å²) in [6, 6.07) is 8.03. The van der Waals surface area contributed by atoms with Gasteiger partial charge in [0.05, 0.1) is 12.8 Å². The number of ether oxygens (including phenoxy) is 1. The van der Waals surface area contributed by atoms with E-state index in [1.807, 2.05) is 18.2 Å². The number of benzene rings is 1. The van der Waals surface area contributed by atoms with E-state index in [1.165, 1.54) is 12.8 Å². The standard InChI is InChI=1S/C15H20N2OS/c1-3-4-8-16-10-13-11-19-15(17-13)12-6-5-7-14(9-12)18-2/h5-7,9,11,16H,3-4,8,10H2,1-2H3. The van der Waals surface area contributed by atoms with Crippen LogP contribution in [0.5, 0.6) is 5.75 Å². The van der Waals surface area contributed by atoms with Crippen molar-refractivity contribution in [3.05, 3.63) is 35.3 Å². The predicted molar refractivity (Wildman–Crippen MR) is 80.7 cm³/mol. The normalized spacial score (nSPS) is 10.6. The molecule has 0 saturated heterocycles. The molecule has 1 aromatic carbocycles. The number of thiazole rings is 1. The van der Waals surface area contributed by atoms with Crippen LogP contribution >= 0.6 is 11.3 Å². The molecule has 1 aromatic heterocycles. The first-order valence-electron chi connectivity index (χ1n) is 6.63. The first-order valence-corrected chi connectivity index (χ1v) is 7.51.